The van der Waals surface area contributed by atoms with Crippen LogP contribution in [-0.4, -0.2) is 47.3 Å². The lowest BCUT2D eigenvalue weighted by Gasteiger charge is -2.34. The molecule has 0 heterocycles. The highest BCUT2D eigenvalue weighted by atomic mass is 32.2. The Balaban J connectivity index is 2.52. The third kappa shape index (κ3) is 4.65. The summed E-state index contributed by atoms with van der Waals surface area (Å²) < 4.78 is -0.105. The summed E-state index contributed by atoms with van der Waals surface area (Å²) in [6.45, 7) is 0. The minimum atomic E-state index is -0.562. The summed E-state index contributed by atoms with van der Waals surface area (Å²) >= 11 is 2.97. The lowest BCUT2D eigenvalue weighted by Crippen LogP contribution is -2.27. The van der Waals surface area contributed by atoms with Gasteiger partial charge in [-0.2, -0.15) is 0 Å². The molecule has 0 radical (unpaired) electrons. The van der Waals surface area contributed by atoms with Crippen molar-refractivity contribution in [2.45, 2.75) is 36.2 Å². The molecule has 1 aliphatic carbocycles. The Morgan fingerprint density at radius 3 is 1.75 bits per heavy atom. The quantitative estimate of drug-likeness (QED) is 0.570. The Hall–Kier alpha value is -0.360. The lowest BCUT2D eigenvalue weighted by atomic mass is 10.00. The zero-order valence-electron chi connectivity index (χ0n) is 9.06. The molecule has 0 aromatic rings. The van der Waals surface area contributed by atoms with Crippen LogP contribution in [0, 0.1) is 0 Å². The van der Waals surface area contributed by atoms with Gasteiger partial charge in [0.2, 0.25) is 0 Å². The predicted molar refractivity (Wildman–Crippen MR) is 69.9 cm³/mol. The summed E-state index contributed by atoms with van der Waals surface area (Å²) in [5.74, 6) is -0.737. The molecule has 0 atom stereocenters. The number of hydrogen-bond acceptors (Lipinski definition) is 2. The summed E-state index contributed by atoms with van der Waals surface area (Å²) in [5, 5.41) is 17.6. The molecule has 0 saturated heterocycles. The summed E-state index contributed by atoms with van der Waals surface area (Å²) in [6, 6.07) is 0. The van der Waals surface area contributed by atoms with E-state index in [9.17, 15) is 0 Å². The van der Waals surface area contributed by atoms with Crippen molar-refractivity contribution >= 4 is 35.5 Å². The maximum atomic E-state index is 8.81. The first-order chi connectivity index (χ1) is 7.54. The summed E-state index contributed by atoms with van der Waals surface area (Å²) in [4.78, 5) is 17.6. The molecule has 4 nitrogen and oxygen atoms in total. The standard InChI is InChI=1S/C10H16O4S2/c11-8(12)6-15-10(16-7-9(13)14)4-2-1-3-5-10/h1-7H2,(H,11,12)(H,13,14)/p+2. The highest BCUT2D eigenvalue weighted by Crippen LogP contribution is 2.48. The van der Waals surface area contributed by atoms with E-state index in [4.69, 9.17) is 19.8 Å². The fourth-order valence-electron chi connectivity index (χ4n) is 1.81. The molecule has 1 fully saturated rings. The van der Waals surface area contributed by atoms with E-state index < -0.39 is 11.9 Å². The fourth-order valence-corrected chi connectivity index (χ4v) is 4.44. The second-order valence-electron chi connectivity index (χ2n) is 3.88. The molecule has 0 aromatic heterocycles. The first-order valence-electron chi connectivity index (χ1n) is 5.29. The van der Waals surface area contributed by atoms with Crippen molar-refractivity contribution < 1.29 is 19.8 Å². The van der Waals surface area contributed by atoms with Gasteiger partial charge in [0.25, 0.3) is 0 Å². The number of rotatable bonds is 6. The van der Waals surface area contributed by atoms with Crippen LogP contribution in [-0.2, 0) is 0 Å². The van der Waals surface area contributed by atoms with Crippen molar-refractivity contribution in [1.29, 1.82) is 0 Å². The average Bonchev–Trinajstić information content (AvgIpc) is 2.25. The van der Waals surface area contributed by atoms with Gasteiger partial charge in [-0.3, -0.25) is 0 Å². The van der Waals surface area contributed by atoms with Crippen LogP contribution in [0.1, 0.15) is 32.1 Å². The van der Waals surface area contributed by atoms with Crippen molar-refractivity contribution in [1.82, 2.24) is 0 Å². The van der Waals surface area contributed by atoms with Gasteiger partial charge in [0, 0.05) is 0 Å². The van der Waals surface area contributed by atoms with Crippen LogP contribution in [0.25, 0.3) is 0 Å². The van der Waals surface area contributed by atoms with E-state index in [1.165, 1.54) is 29.9 Å². The van der Waals surface area contributed by atoms with Gasteiger partial charge in [-0.1, -0.05) is 19.3 Å². The van der Waals surface area contributed by atoms with Gasteiger partial charge < -0.3 is 19.8 Å². The number of carboxylic acids is 2. The van der Waals surface area contributed by atoms with Gasteiger partial charge in [-0.25, -0.2) is 0 Å². The van der Waals surface area contributed by atoms with Crippen LogP contribution >= 0.6 is 23.5 Å². The first-order valence-corrected chi connectivity index (χ1v) is 7.27. The molecule has 0 amide bonds. The topological polar surface area (TPSA) is 83.3 Å². The minimum Gasteiger partial charge on any atom is -0.338 e. The van der Waals surface area contributed by atoms with Crippen LogP contribution in [0.2, 0.25) is 0 Å². The van der Waals surface area contributed by atoms with Crippen molar-refractivity contribution in [2.24, 2.45) is 0 Å². The van der Waals surface area contributed by atoms with Crippen LogP contribution in [0.5, 0.6) is 0 Å². The van der Waals surface area contributed by atoms with Crippen LogP contribution < -0.4 is 0 Å². The molecule has 0 bridgehead atoms. The van der Waals surface area contributed by atoms with E-state index in [0.29, 0.717) is 0 Å². The molecule has 0 spiro atoms. The molecular weight excluding hydrogens is 248 g/mol. The third-order valence-corrected chi connectivity index (χ3v) is 5.92. The SMILES string of the molecule is OC(=[OH+])CSC1(SCC(O)=[OH+])CCCCC1. The number of aliphatic carboxylic acids is 2. The highest BCUT2D eigenvalue weighted by Gasteiger charge is 2.35. The average molecular weight is 266 g/mol. The Bertz CT molecular complexity index is 242. The maximum Gasteiger partial charge on any atom is 0.490 e. The monoisotopic (exact) mass is 266 g/mol. The lowest BCUT2D eigenvalue weighted by molar-refractivity contribution is 0.455. The van der Waals surface area contributed by atoms with E-state index >= 15 is 0 Å². The molecule has 4 N–H and O–H groups in total. The zero-order valence-corrected chi connectivity index (χ0v) is 10.7. The second kappa shape index (κ2) is 6.39. The fraction of sp³-hybridized carbons (Fsp3) is 0.800. The highest BCUT2D eigenvalue weighted by molar-refractivity contribution is 8.18. The van der Waals surface area contributed by atoms with Crippen molar-refractivity contribution in [3.8, 4) is 0 Å². The maximum absolute atomic E-state index is 8.81. The van der Waals surface area contributed by atoms with Gasteiger partial charge in [0.05, 0.1) is 4.08 Å². The van der Waals surface area contributed by atoms with E-state index in [2.05, 4.69) is 0 Å². The molecule has 92 valence electrons. The molecule has 0 aromatic carbocycles. The van der Waals surface area contributed by atoms with Crippen molar-refractivity contribution in [3.63, 3.8) is 0 Å². The molecule has 1 saturated carbocycles. The van der Waals surface area contributed by atoms with E-state index in [1.54, 1.807) is 0 Å². The Morgan fingerprint density at radius 1 is 0.938 bits per heavy atom. The van der Waals surface area contributed by atoms with Gasteiger partial charge in [0.15, 0.2) is 0 Å². The van der Waals surface area contributed by atoms with E-state index in [1.807, 2.05) is 0 Å². The Morgan fingerprint density at radius 2 is 1.38 bits per heavy atom. The second-order valence-corrected chi connectivity index (χ2v) is 6.86. The normalized spacial score (nSPS) is 19.2. The zero-order chi connectivity index (χ0) is 12.0. The van der Waals surface area contributed by atoms with Gasteiger partial charge >= 0.3 is 11.9 Å². The first kappa shape index (κ1) is 13.7. The van der Waals surface area contributed by atoms with E-state index in [-0.39, 0.29) is 15.6 Å². The summed E-state index contributed by atoms with van der Waals surface area (Å²) in [6.07, 6.45) is 5.37. The number of hydrogen-bond donors (Lipinski definition) is 2. The van der Waals surface area contributed by atoms with Gasteiger partial charge in [-0.05, 0) is 12.8 Å². The minimum absolute atomic E-state index is 0.105. The van der Waals surface area contributed by atoms with Gasteiger partial charge in [-0.15, -0.1) is 23.5 Å². The van der Waals surface area contributed by atoms with Crippen LogP contribution in [0.15, 0.2) is 0 Å². The molecular formula is C10H18O4S2+2. The van der Waals surface area contributed by atoms with Crippen LogP contribution in [0.3, 0.4) is 0 Å². The Labute approximate surface area is 103 Å². The van der Waals surface area contributed by atoms with Crippen LogP contribution in [0.4, 0.5) is 0 Å². The molecule has 0 aliphatic heterocycles. The number of aliphatic hydroxyl groups excluding tert-OH is 2. The molecule has 0 unspecified atom stereocenters. The number of carboxylic acid groups (broad SMARTS) is 2. The smallest absolute Gasteiger partial charge is 0.338 e. The van der Waals surface area contributed by atoms with E-state index in [0.717, 1.165) is 25.7 Å². The van der Waals surface area contributed by atoms with Crippen molar-refractivity contribution in [3.05, 3.63) is 0 Å². The number of thioether (sulfide) groups is 2. The largest absolute Gasteiger partial charge is 0.490 e. The van der Waals surface area contributed by atoms with Crippen molar-refractivity contribution in [2.75, 3.05) is 11.5 Å². The molecule has 6 heteroatoms. The van der Waals surface area contributed by atoms with Gasteiger partial charge in [0.1, 0.15) is 11.5 Å². The summed E-state index contributed by atoms with van der Waals surface area (Å²) in [7, 11) is 0. The molecule has 16 heavy (non-hydrogen) atoms. The third-order valence-electron chi connectivity index (χ3n) is 2.54. The molecule has 1 rings (SSSR count). The summed E-state index contributed by atoms with van der Waals surface area (Å²) in [5.41, 5.74) is 0. The predicted octanol–water partition coefficient (Wildman–Crippen LogP) is 2.23. The Kier molecular flexibility index (Phi) is 5.48. The molecule has 1 aliphatic rings.